The number of hydrogen-bond acceptors (Lipinski definition) is 5. The average molecular weight is 379 g/mol. The molecule has 0 aromatic heterocycles. The van der Waals surface area contributed by atoms with Crippen molar-refractivity contribution in [1.29, 1.82) is 0 Å². The van der Waals surface area contributed by atoms with Gasteiger partial charge in [0.1, 0.15) is 15.9 Å². The minimum absolute atomic E-state index is 0.114. The molecule has 1 aromatic rings. The van der Waals surface area contributed by atoms with Gasteiger partial charge in [-0.3, -0.25) is 9.59 Å². The normalized spacial score (nSPS) is 19.5. The van der Waals surface area contributed by atoms with E-state index in [1.165, 1.54) is 4.90 Å². The Balaban J connectivity index is 1.82. The van der Waals surface area contributed by atoms with Crippen LogP contribution >= 0.6 is 0 Å². The molecule has 0 radical (unpaired) electrons. The van der Waals surface area contributed by atoms with Crippen molar-refractivity contribution >= 4 is 21.7 Å². The Morgan fingerprint density at radius 3 is 2.42 bits per heavy atom. The Morgan fingerprint density at radius 2 is 1.81 bits per heavy atom. The Labute approximate surface area is 154 Å². The lowest BCUT2D eigenvalue weighted by atomic mass is 10.1. The molecule has 142 valence electrons. The van der Waals surface area contributed by atoms with Gasteiger partial charge in [-0.05, 0) is 25.1 Å². The fourth-order valence-electron chi connectivity index (χ4n) is 3.50. The van der Waals surface area contributed by atoms with Gasteiger partial charge in [0.15, 0.2) is 0 Å². The van der Waals surface area contributed by atoms with E-state index in [4.69, 9.17) is 0 Å². The van der Waals surface area contributed by atoms with E-state index < -0.39 is 15.9 Å². The summed E-state index contributed by atoms with van der Waals surface area (Å²) >= 11 is 0. The van der Waals surface area contributed by atoms with Crippen molar-refractivity contribution in [3.05, 3.63) is 35.4 Å². The van der Waals surface area contributed by atoms with Crippen molar-refractivity contribution < 1.29 is 18.0 Å². The first kappa shape index (κ1) is 18.8. The van der Waals surface area contributed by atoms with Crippen molar-refractivity contribution in [3.8, 4) is 0 Å². The minimum atomic E-state index is -3.22. The summed E-state index contributed by atoms with van der Waals surface area (Å²) in [5.41, 5.74) is 1.48. The fraction of sp³-hybridized carbons (Fsp3) is 0.556. The Hall–Kier alpha value is -1.93. The van der Waals surface area contributed by atoms with Crippen LogP contribution in [0, 0.1) is 0 Å². The number of piperazine rings is 1. The highest BCUT2D eigenvalue weighted by molar-refractivity contribution is 7.90. The molecule has 8 heteroatoms. The quantitative estimate of drug-likeness (QED) is 0.731. The molecule has 1 aromatic carbocycles. The number of carbonyl (C=O) groups is 2. The number of sulfone groups is 1. The summed E-state index contributed by atoms with van der Waals surface area (Å²) in [4.78, 5) is 31.4. The van der Waals surface area contributed by atoms with E-state index in [1.54, 1.807) is 17.0 Å². The Bertz CT molecular complexity index is 800. The van der Waals surface area contributed by atoms with E-state index in [0.717, 1.165) is 24.9 Å². The van der Waals surface area contributed by atoms with Gasteiger partial charge >= 0.3 is 0 Å². The van der Waals surface area contributed by atoms with E-state index in [-0.39, 0.29) is 24.0 Å². The SMILES string of the molecule is CN1CCN(C(=O)C(CCS(C)(=O)=O)N2Cc3ccccc3C2=O)CC1. The maximum absolute atomic E-state index is 13.1. The van der Waals surface area contributed by atoms with E-state index in [1.807, 2.05) is 19.2 Å². The molecule has 7 nitrogen and oxygen atoms in total. The third-order valence-electron chi connectivity index (χ3n) is 5.09. The number of hydrogen-bond donors (Lipinski definition) is 0. The van der Waals surface area contributed by atoms with Gasteiger partial charge in [0.2, 0.25) is 5.91 Å². The minimum Gasteiger partial charge on any atom is -0.338 e. The molecule has 0 bridgehead atoms. The van der Waals surface area contributed by atoms with Crippen molar-refractivity contribution in [2.75, 3.05) is 45.2 Å². The highest BCUT2D eigenvalue weighted by atomic mass is 32.2. The molecule has 3 rings (SSSR count). The lowest BCUT2D eigenvalue weighted by Gasteiger charge is -2.37. The third kappa shape index (κ3) is 4.07. The maximum Gasteiger partial charge on any atom is 0.255 e. The molecular weight excluding hydrogens is 354 g/mol. The van der Waals surface area contributed by atoms with Crippen molar-refractivity contribution in [3.63, 3.8) is 0 Å². The molecule has 2 heterocycles. The summed E-state index contributed by atoms with van der Waals surface area (Å²) in [6, 6.07) is 6.55. The topological polar surface area (TPSA) is 78.0 Å². The molecule has 2 aliphatic rings. The van der Waals surface area contributed by atoms with Crippen LogP contribution in [0.5, 0.6) is 0 Å². The van der Waals surface area contributed by atoms with Crippen LogP contribution in [0.1, 0.15) is 22.3 Å². The first-order chi connectivity index (χ1) is 12.3. The summed E-state index contributed by atoms with van der Waals surface area (Å²) in [5, 5.41) is 0. The fourth-order valence-corrected chi connectivity index (χ4v) is 4.16. The zero-order valence-corrected chi connectivity index (χ0v) is 16.0. The van der Waals surface area contributed by atoms with Crippen molar-refractivity contribution in [2.45, 2.75) is 19.0 Å². The molecule has 2 aliphatic heterocycles. The van der Waals surface area contributed by atoms with Crippen LogP contribution < -0.4 is 0 Å². The van der Waals surface area contributed by atoms with E-state index in [2.05, 4.69) is 4.90 Å². The molecule has 1 fully saturated rings. The molecular formula is C18H25N3O4S. The molecule has 0 spiro atoms. The molecule has 1 atom stereocenters. The number of rotatable bonds is 5. The number of likely N-dealkylation sites (N-methyl/N-ethyl adjacent to an activating group) is 1. The van der Waals surface area contributed by atoms with Crippen LogP contribution in [0.4, 0.5) is 0 Å². The zero-order valence-electron chi connectivity index (χ0n) is 15.2. The molecule has 0 N–H and O–H groups in total. The van der Waals surface area contributed by atoms with Gasteiger partial charge in [0.05, 0.1) is 5.75 Å². The lowest BCUT2D eigenvalue weighted by Crippen LogP contribution is -2.54. The molecule has 2 amide bonds. The summed E-state index contributed by atoms with van der Waals surface area (Å²) in [6.45, 7) is 3.10. The van der Waals surface area contributed by atoms with E-state index in [0.29, 0.717) is 25.2 Å². The monoisotopic (exact) mass is 379 g/mol. The van der Waals surface area contributed by atoms with Crippen molar-refractivity contribution in [1.82, 2.24) is 14.7 Å². The summed E-state index contributed by atoms with van der Waals surface area (Å²) in [6.07, 6.45) is 1.29. The van der Waals surface area contributed by atoms with Gasteiger partial charge < -0.3 is 14.7 Å². The van der Waals surface area contributed by atoms with Gasteiger partial charge in [-0.2, -0.15) is 0 Å². The highest BCUT2D eigenvalue weighted by Crippen LogP contribution is 2.26. The summed E-state index contributed by atoms with van der Waals surface area (Å²) in [5.74, 6) is -0.457. The first-order valence-corrected chi connectivity index (χ1v) is 10.9. The largest absolute Gasteiger partial charge is 0.338 e. The van der Waals surface area contributed by atoms with Crippen LogP contribution in [-0.4, -0.2) is 86.2 Å². The average Bonchev–Trinajstić information content (AvgIpc) is 2.92. The van der Waals surface area contributed by atoms with Crippen LogP contribution in [0.25, 0.3) is 0 Å². The van der Waals surface area contributed by atoms with Crippen LogP contribution in [-0.2, 0) is 21.2 Å². The standard InChI is InChI=1S/C18H25N3O4S/c1-19-8-10-20(11-9-19)18(23)16(7-12-26(2,24)25)21-13-14-5-3-4-6-15(14)17(21)22/h3-6,16H,7-13H2,1-2H3. The number of benzene rings is 1. The Kier molecular flexibility index (Phi) is 5.34. The summed E-state index contributed by atoms with van der Waals surface area (Å²) < 4.78 is 23.3. The molecule has 0 saturated carbocycles. The highest BCUT2D eigenvalue weighted by Gasteiger charge is 2.38. The van der Waals surface area contributed by atoms with Crippen LogP contribution in [0.2, 0.25) is 0 Å². The molecule has 0 aliphatic carbocycles. The second-order valence-corrected chi connectivity index (χ2v) is 9.41. The number of fused-ring (bicyclic) bond motifs is 1. The zero-order chi connectivity index (χ0) is 18.9. The molecule has 1 unspecified atom stereocenters. The Morgan fingerprint density at radius 1 is 1.15 bits per heavy atom. The third-order valence-corrected chi connectivity index (χ3v) is 6.06. The maximum atomic E-state index is 13.1. The van der Waals surface area contributed by atoms with Gasteiger partial charge in [0.25, 0.3) is 5.91 Å². The predicted octanol–water partition coefficient (Wildman–Crippen LogP) is 0.220. The van der Waals surface area contributed by atoms with Gasteiger partial charge in [-0.15, -0.1) is 0 Å². The van der Waals surface area contributed by atoms with E-state index in [9.17, 15) is 18.0 Å². The molecule has 1 saturated heterocycles. The van der Waals surface area contributed by atoms with E-state index >= 15 is 0 Å². The van der Waals surface area contributed by atoms with Gasteiger partial charge in [0, 0.05) is 44.5 Å². The second-order valence-electron chi connectivity index (χ2n) is 7.15. The van der Waals surface area contributed by atoms with Gasteiger partial charge in [-0.25, -0.2) is 8.42 Å². The lowest BCUT2D eigenvalue weighted by molar-refractivity contribution is -0.137. The van der Waals surface area contributed by atoms with Crippen LogP contribution in [0.15, 0.2) is 24.3 Å². The smallest absolute Gasteiger partial charge is 0.255 e. The second kappa shape index (κ2) is 7.36. The van der Waals surface area contributed by atoms with Crippen LogP contribution in [0.3, 0.4) is 0 Å². The first-order valence-electron chi connectivity index (χ1n) is 8.80. The number of nitrogens with zero attached hydrogens (tertiary/aromatic N) is 3. The van der Waals surface area contributed by atoms with Gasteiger partial charge in [-0.1, -0.05) is 18.2 Å². The number of amides is 2. The summed E-state index contributed by atoms with van der Waals surface area (Å²) in [7, 11) is -1.22. The predicted molar refractivity (Wildman–Crippen MR) is 98.5 cm³/mol. The van der Waals surface area contributed by atoms with Crippen molar-refractivity contribution in [2.24, 2.45) is 0 Å². The number of carbonyl (C=O) groups excluding carboxylic acids is 2. The molecule has 26 heavy (non-hydrogen) atoms.